The normalized spacial score (nSPS) is 11.8. The van der Waals surface area contributed by atoms with Gasteiger partial charge in [-0.05, 0) is 39.0 Å². The van der Waals surface area contributed by atoms with E-state index >= 15 is 0 Å². The van der Waals surface area contributed by atoms with Crippen molar-refractivity contribution < 1.29 is 8.42 Å². The quantitative estimate of drug-likeness (QED) is 0.942. The fraction of sp³-hybridized carbons (Fsp3) is 0.308. The van der Waals surface area contributed by atoms with Gasteiger partial charge in [-0.1, -0.05) is 17.7 Å². The molecule has 0 unspecified atom stereocenters. The molecule has 20 heavy (non-hydrogen) atoms. The highest BCUT2D eigenvalue weighted by Gasteiger charge is 2.21. The van der Waals surface area contributed by atoms with Crippen molar-refractivity contribution in [3.05, 3.63) is 41.2 Å². The zero-order valence-corrected chi connectivity index (χ0v) is 13.0. The van der Waals surface area contributed by atoms with Crippen LogP contribution < -0.4 is 4.72 Å². The predicted octanol–water partition coefficient (Wildman–Crippen LogP) is 3.23. The van der Waals surface area contributed by atoms with E-state index < -0.39 is 10.0 Å². The predicted molar refractivity (Wildman–Crippen MR) is 79.6 cm³/mol. The Morgan fingerprint density at radius 1 is 1.35 bits per heavy atom. The molecule has 0 spiro atoms. The fourth-order valence-electron chi connectivity index (χ4n) is 1.76. The number of nitrogens with one attached hydrogen (secondary N) is 1. The second-order valence-electron chi connectivity index (χ2n) is 4.77. The highest BCUT2D eigenvalue weighted by Crippen LogP contribution is 2.21. The van der Waals surface area contributed by atoms with Gasteiger partial charge in [-0.25, -0.2) is 8.42 Å². The molecule has 108 valence electrons. The SMILES string of the molecule is Cc1nn(C(C)C)cc1S(=O)(=O)Nc1cccc(Cl)c1. The van der Waals surface area contributed by atoms with E-state index in [9.17, 15) is 8.42 Å². The van der Waals surface area contributed by atoms with E-state index in [-0.39, 0.29) is 10.9 Å². The minimum Gasteiger partial charge on any atom is -0.279 e. The molecule has 0 fully saturated rings. The summed E-state index contributed by atoms with van der Waals surface area (Å²) < 4.78 is 28.9. The molecule has 7 heteroatoms. The number of hydrogen-bond acceptors (Lipinski definition) is 3. The first-order chi connectivity index (χ1) is 9.29. The molecule has 0 saturated carbocycles. The number of nitrogens with zero attached hydrogens (tertiary/aromatic N) is 2. The van der Waals surface area contributed by atoms with Crippen LogP contribution in [0.2, 0.25) is 5.02 Å². The van der Waals surface area contributed by atoms with Gasteiger partial charge in [0.25, 0.3) is 10.0 Å². The van der Waals surface area contributed by atoms with Gasteiger partial charge in [0.05, 0.1) is 11.4 Å². The van der Waals surface area contributed by atoms with Crippen molar-refractivity contribution in [2.75, 3.05) is 4.72 Å². The van der Waals surface area contributed by atoms with Crippen molar-refractivity contribution >= 4 is 27.3 Å². The molecule has 1 aromatic heterocycles. The van der Waals surface area contributed by atoms with Gasteiger partial charge in [-0.15, -0.1) is 0 Å². The van der Waals surface area contributed by atoms with Crippen LogP contribution in [0.4, 0.5) is 5.69 Å². The summed E-state index contributed by atoms with van der Waals surface area (Å²) in [5.41, 5.74) is 0.891. The molecule has 1 N–H and O–H groups in total. The average molecular weight is 314 g/mol. The van der Waals surface area contributed by atoms with Crippen LogP contribution in [-0.4, -0.2) is 18.2 Å². The molecule has 0 saturated heterocycles. The Morgan fingerprint density at radius 2 is 2.05 bits per heavy atom. The number of anilines is 1. The van der Waals surface area contributed by atoms with Gasteiger partial charge in [0.1, 0.15) is 4.90 Å². The summed E-state index contributed by atoms with van der Waals surface area (Å²) >= 11 is 5.85. The molecule has 1 aromatic carbocycles. The van der Waals surface area contributed by atoms with Crippen LogP contribution in [-0.2, 0) is 10.0 Å². The maximum atomic E-state index is 12.4. The summed E-state index contributed by atoms with van der Waals surface area (Å²) in [6, 6.07) is 6.67. The number of halogens is 1. The summed E-state index contributed by atoms with van der Waals surface area (Å²) in [6.45, 7) is 5.55. The number of sulfonamides is 1. The molecule has 0 aliphatic heterocycles. The number of aryl methyl sites for hydroxylation is 1. The van der Waals surface area contributed by atoms with E-state index in [4.69, 9.17) is 11.6 Å². The van der Waals surface area contributed by atoms with E-state index in [1.807, 2.05) is 13.8 Å². The summed E-state index contributed by atoms with van der Waals surface area (Å²) in [7, 11) is -3.67. The Labute approximate surface area is 123 Å². The molecule has 0 amide bonds. The summed E-state index contributed by atoms with van der Waals surface area (Å²) in [5.74, 6) is 0. The third-order valence-corrected chi connectivity index (χ3v) is 4.49. The van der Waals surface area contributed by atoms with E-state index in [1.54, 1.807) is 35.9 Å². The van der Waals surface area contributed by atoms with Crippen LogP contribution in [0.15, 0.2) is 35.4 Å². The van der Waals surface area contributed by atoms with Gasteiger partial charge in [-0.2, -0.15) is 5.10 Å². The maximum Gasteiger partial charge on any atom is 0.265 e. The first-order valence-electron chi connectivity index (χ1n) is 6.14. The number of rotatable bonds is 4. The monoisotopic (exact) mass is 313 g/mol. The van der Waals surface area contributed by atoms with Crippen molar-refractivity contribution in [1.82, 2.24) is 9.78 Å². The van der Waals surface area contributed by atoms with E-state index in [1.165, 1.54) is 6.20 Å². The van der Waals surface area contributed by atoms with Crippen LogP contribution in [0.3, 0.4) is 0 Å². The first-order valence-corrected chi connectivity index (χ1v) is 8.00. The van der Waals surface area contributed by atoms with Crippen molar-refractivity contribution in [2.24, 2.45) is 0 Å². The summed E-state index contributed by atoms with van der Waals surface area (Å²) in [5, 5.41) is 4.68. The van der Waals surface area contributed by atoms with Crippen molar-refractivity contribution in [2.45, 2.75) is 31.7 Å². The molecule has 0 aliphatic rings. The van der Waals surface area contributed by atoms with Crippen LogP contribution in [0.5, 0.6) is 0 Å². The van der Waals surface area contributed by atoms with Crippen molar-refractivity contribution in [3.63, 3.8) is 0 Å². The third kappa shape index (κ3) is 3.13. The lowest BCUT2D eigenvalue weighted by molar-refractivity contribution is 0.528. The lowest BCUT2D eigenvalue weighted by Gasteiger charge is -2.07. The Morgan fingerprint density at radius 3 is 2.60 bits per heavy atom. The van der Waals surface area contributed by atoms with Crippen LogP contribution in [0.1, 0.15) is 25.6 Å². The molecular weight excluding hydrogens is 298 g/mol. The molecule has 0 atom stereocenters. The molecular formula is C13H16ClN3O2S. The minimum atomic E-state index is -3.67. The second-order valence-corrected chi connectivity index (χ2v) is 6.86. The Balaban J connectivity index is 2.36. The molecule has 5 nitrogen and oxygen atoms in total. The molecule has 0 radical (unpaired) electrons. The Kier molecular flexibility index (Phi) is 4.06. The number of hydrogen-bond donors (Lipinski definition) is 1. The fourth-order valence-corrected chi connectivity index (χ4v) is 3.17. The second kappa shape index (κ2) is 5.46. The first kappa shape index (κ1) is 14.9. The zero-order chi connectivity index (χ0) is 14.9. The van der Waals surface area contributed by atoms with Crippen LogP contribution in [0, 0.1) is 6.92 Å². The molecule has 0 bridgehead atoms. The van der Waals surface area contributed by atoms with Crippen LogP contribution in [0.25, 0.3) is 0 Å². The Hall–Kier alpha value is -1.53. The van der Waals surface area contributed by atoms with Gasteiger partial charge in [0, 0.05) is 17.3 Å². The topological polar surface area (TPSA) is 64.0 Å². The lowest BCUT2D eigenvalue weighted by atomic mass is 10.3. The molecule has 2 rings (SSSR count). The molecule has 2 aromatic rings. The van der Waals surface area contributed by atoms with Crippen molar-refractivity contribution in [1.29, 1.82) is 0 Å². The van der Waals surface area contributed by atoms with Gasteiger partial charge >= 0.3 is 0 Å². The minimum absolute atomic E-state index is 0.101. The van der Waals surface area contributed by atoms with Crippen molar-refractivity contribution in [3.8, 4) is 0 Å². The average Bonchev–Trinajstić information content (AvgIpc) is 2.71. The van der Waals surface area contributed by atoms with Crippen LogP contribution >= 0.6 is 11.6 Å². The lowest BCUT2D eigenvalue weighted by Crippen LogP contribution is -2.13. The number of benzene rings is 1. The third-order valence-electron chi connectivity index (χ3n) is 2.77. The summed E-state index contributed by atoms with van der Waals surface area (Å²) in [6.07, 6.45) is 1.53. The molecule has 1 heterocycles. The number of aromatic nitrogens is 2. The van der Waals surface area contributed by atoms with Gasteiger partial charge in [0.15, 0.2) is 0 Å². The Bertz CT molecular complexity index is 723. The highest BCUT2D eigenvalue weighted by atomic mass is 35.5. The maximum absolute atomic E-state index is 12.4. The smallest absolute Gasteiger partial charge is 0.265 e. The van der Waals surface area contributed by atoms with Gasteiger partial charge < -0.3 is 0 Å². The standard InChI is InChI=1S/C13H16ClN3O2S/c1-9(2)17-8-13(10(3)15-17)20(18,19)16-12-6-4-5-11(14)7-12/h4-9,16H,1-3H3. The zero-order valence-electron chi connectivity index (χ0n) is 11.5. The molecule has 0 aliphatic carbocycles. The largest absolute Gasteiger partial charge is 0.279 e. The highest BCUT2D eigenvalue weighted by molar-refractivity contribution is 7.92. The van der Waals surface area contributed by atoms with E-state index in [2.05, 4.69) is 9.82 Å². The van der Waals surface area contributed by atoms with Gasteiger partial charge in [0.2, 0.25) is 0 Å². The van der Waals surface area contributed by atoms with E-state index in [0.717, 1.165) is 0 Å². The van der Waals surface area contributed by atoms with E-state index in [0.29, 0.717) is 16.4 Å². The van der Waals surface area contributed by atoms with Gasteiger partial charge in [-0.3, -0.25) is 9.40 Å². The summed E-state index contributed by atoms with van der Waals surface area (Å²) in [4.78, 5) is 0.172.